The minimum absolute atomic E-state index is 0.158. The van der Waals surface area contributed by atoms with E-state index in [9.17, 15) is 4.79 Å². The van der Waals surface area contributed by atoms with Crippen LogP contribution in [0.1, 0.15) is 19.8 Å². The quantitative estimate of drug-likeness (QED) is 0.384. The molecule has 0 aromatic carbocycles. The lowest BCUT2D eigenvalue weighted by molar-refractivity contribution is -0.138. The maximum absolute atomic E-state index is 10.6. The van der Waals surface area contributed by atoms with Crippen molar-refractivity contribution in [2.24, 2.45) is 5.92 Å². The third kappa shape index (κ3) is 1.77. The first-order valence-electron chi connectivity index (χ1n) is 2.97. The van der Waals surface area contributed by atoms with Crippen LogP contribution >= 0.6 is 0 Å². The van der Waals surface area contributed by atoms with E-state index in [1.165, 1.54) is 0 Å². The molecule has 0 radical (unpaired) electrons. The Hall–Kier alpha value is -0.970. The first kappa shape index (κ1) is 6.15. The van der Waals surface area contributed by atoms with Crippen LogP contribution in [0.5, 0.6) is 0 Å². The zero-order chi connectivity index (χ0) is 6.69. The van der Waals surface area contributed by atoms with Crippen molar-refractivity contribution in [1.82, 2.24) is 0 Å². The standard InChI is InChI=1S/C7H8O2/c1-2-5-9-7(8)6-3-4-6/h6H,3-4H2,1H3. The highest BCUT2D eigenvalue weighted by molar-refractivity contribution is 5.75. The molecule has 0 atom stereocenters. The third-order valence-corrected chi connectivity index (χ3v) is 1.16. The van der Waals surface area contributed by atoms with Crippen LogP contribution in [-0.2, 0) is 9.53 Å². The smallest absolute Gasteiger partial charge is 0.322 e. The summed E-state index contributed by atoms with van der Waals surface area (Å²) in [5.41, 5.74) is 0. The molecule has 0 bridgehead atoms. The number of carbonyl (C=O) groups is 1. The number of carbonyl (C=O) groups excluding carboxylic acids is 1. The molecule has 1 saturated carbocycles. The van der Waals surface area contributed by atoms with Crippen molar-refractivity contribution in [3.05, 3.63) is 0 Å². The second-order valence-electron chi connectivity index (χ2n) is 2.05. The normalized spacial score (nSPS) is 15.7. The van der Waals surface area contributed by atoms with Crippen LogP contribution in [0, 0.1) is 17.9 Å². The fourth-order valence-corrected chi connectivity index (χ4v) is 0.504. The molecule has 0 aromatic heterocycles. The van der Waals surface area contributed by atoms with E-state index >= 15 is 0 Å². The van der Waals surface area contributed by atoms with E-state index in [1.54, 1.807) is 6.92 Å². The molecule has 48 valence electrons. The van der Waals surface area contributed by atoms with Crippen LogP contribution in [0.15, 0.2) is 0 Å². The average Bonchev–Trinajstić information content (AvgIpc) is 2.63. The van der Waals surface area contributed by atoms with Gasteiger partial charge in [-0.3, -0.25) is 4.79 Å². The molecular weight excluding hydrogens is 116 g/mol. The van der Waals surface area contributed by atoms with Crippen molar-refractivity contribution in [3.8, 4) is 12.0 Å². The molecule has 0 unspecified atom stereocenters. The molecule has 0 saturated heterocycles. The van der Waals surface area contributed by atoms with Crippen LogP contribution in [0.2, 0.25) is 0 Å². The topological polar surface area (TPSA) is 26.3 Å². The Labute approximate surface area is 54.2 Å². The highest BCUT2D eigenvalue weighted by Gasteiger charge is 2.31. The summed E-state index contributed by atoms with van der Waals surface area (Å²) in [6, 6.07) is 0. The van der Waals surface area contributed by atoms with Crippen molar-refractivity contribution in [2.45, 2.75) is 19.8 Å². The zero-order valence-corrected chi connectivity index (χ0v) is 5.31. The monoisotopic (exact) mass is 124 g/mol. The Bertz CT molecular complexity index is 169. The van der Waals surface area contributed by atoms with E-state index in [0.29, 0.717) is 0 Å². The van der Waals surface area contributed by atoms with Crippen LogP contribution in [-0.4, -0.2) is 5.97 Å². The van der Waals surface area contributed by atoms with Gasteiger partial charge >= 0.3 is 5.97 Å². The molecule has 1 fully saturated rings. The van der Waals surface area contributed by atoms with E-state index < -0.39 is 0 Å². The Kier molecular flexibility index (Phi) is 1.74. The molecule has 1 aliphatic rings. The Morgan fingerprint density at radius 2 is 2.33 bits per heavy atom. The summed E-state index contributed by atoms with van der Waals surface area (Å²) in [5, 5.41) is 0. The van der Waals surface area contributed by atoms with Crippen LogP contribution in [0.3, 0.4) is 0 Å². The molecule has 0 amide bonds. The highest BCUT2D eigenvalue weighted by atomic mass is 16.5. The van der Waals surface area contributed by atoms with Gasteiger partial charge in [-0.05, 0) is 12.8 Å². The van der Waals surface area contributed by atoms with Gasteiger partial charge in [-0.2, -0.15) is 0 Å². The summed E-state index contributed by atoms with van der Waals surface area (Å²) < 4.78 is 4.52. The minimum Gasteiger partial charge on any atom is -0.372 e. The predicted octanol–water partition coefficient (Wildman–Crippen LogP) is 0.920. The van der Waals surface area contributed by atoms with Crippen LogP contribution in [0.4, 0.5) is 0 Å². The van der Waals surface area contributed by atoms with Crippen molar-refractivity contribution in [3.63, 3.8) is 0 Å². The van der Waals surface area contributed by atoms with Crippen molar-refractivity contribution >= 4 is 5.97 Å². The zero-order valence-electron chi connectivity index (χ0n) is 5.31. The van der Waals surface area contributed by atoms with E-state index in [0.717, 1.165) is 12.8 Å². The van der Waals surface area contributed by atoms with Gasteiger partial charge in [0.05, 0.1) is 5.92 Å². The second kappa shape index (κ2) is 2.54. The molecule has 1 aliphatic carbocycles. The number of esters is 1. The van der Waals surface area contributed by atoms with E-state index in [2.05, 4.69) is 16.8 Å². The van der Waals surface area contributed by atoms with Gasteiger partial charge in [0.2, 0.25) is 0 Å². The Morgan fingerprint density at radius 1 is 1.67 bits per heavy atom. The summed E-state index contributed by atoms with van der Waals surface area (Å²) in [4.78, 5) is 10.6. The largest absolute Gasteiger partial charge is 0.372 e. The molecule has 1 rings (SSSR count). The third-order valence-electron chi connectivity index (χ3n) is 1.16. The van der Waals surface area contributed by atoms with Gasteiger partial charge in [0.1, 0.15) is 6.11 Å². The molecule has 2 nitrogen and oxygen atoms in total. The summed E-state index contributed by atoms with van der Waals surface area (Å²) in [5.74, 6) is 2.48. The molecule has 2 heteroatoms. The van der Waals surface area contributed by atoms with Crippen molar-refractivity contribution in [1.29, 1.82) is 0 Å². The number of hydrogen-bond acceptors (Lipinski definition) is 2. The summed E-state index contributed by atoms with van der Waals surface area (Å²) >= 11 is 0. The molecule has 0 aromatic rings. The van der Waals surface area contributed by atoms with Crippen LogP contribution < -0.4 is 0 Å². The molecule has 0 heterocycles. The molecule has 9 heavy (non-hydrogen) atoms. The minimum atomic E-state index is -0.163. The highest BCUT2D eigenvalue weighted by Crippen LogP contribution is 2.29. The van der Waals surface area contributed by atoms with Gasteiger partial charge < -0.3 is 4.74 Å². The van der Waals surface area contributed by atoms with Gasteiger partial charge in [0, 0.05) is 6.92 Å². The van der Waals surface area contributed by atoms with E-state index in [-0.39, 0.29) is 11.9 Å². The Balaban J connectivity index is 2.23. The number of hydrogen-bond donors (Lipinski definition) is 0. The Morgan fingerprint density at radius 3 is 2.78 bits per heavy atom. The second-order valence-corrected chi connectivity index (χ2v) is 2.05. The maximum atomic E-state index is 10.6. The lowest BCUT2D eigenvalue weighted by atomic mass is 10.4. The maximum Gasteiger partial charge on any atom is 0.322 e. The molecule has 0 N–H and O–H groups in total. The van der Waals surface area contributed by atoms with Gasteiger partial charge in [0.15, 0.2) is 0 Å². The van der Waals surface area contributed by atoms with Gasteiger partial charge in [0.25, 0.3) is 0 Å². The van der Waals surface area contributed by atoms with Crippen molar-refractivity contribution < 1.29 is 9.53 Å². The lowest BCUT2D eigenvalue weighted by Crippen LogP contribution is -2.00. The summed E-state index contributed by atoms with van der Waals surface area (Å²) in [7, 11) is 0. The van der Waals surface area contributed by atoms with Crippen LogP contribution in [0.25, 0.3) is 0 Å². The van der Waals surface area contributed by atoms with Gasteiger partial charge in [-0.15, -0.1) is 0 Å². The molecule has 0 spiro atoms. The van der Waals surface area contributed by atoms with E-state index in [4.69, 9.17) is 0 Å². The predicted molar refractivity (Wildman–Crippen MR) is 32.3 cm³/mol. The SMILES string of the molecule is CC#COC(=O)C1CC1. The van der Waals surface area contributed by atoms with E-state index in [1.807, 2.05) is 0 Å². The van der Waals surface area contributed by atoms with Crippen molar-refractivity contribution in [2.75, 3.05) is 0 Å². The number of rotatable bonds is 1. The van der Waals surface area contributed by atoms with Gasteiger partial charge in [-0.25, -0.2) is 0 Å². The molecular formula is C7H8O2. The first-order chi connectivity index (χ1) is 4.34. The summed E-state index contributed by atoms with van der Waals surface area (Å²) in [6.07, 6.45) is 4.22. The fraction of sp³-hybridized carbons (Fsp3) is 0.571. The average molecular weight is 124 g/mol. The summed E-state index contributed by atoms with van der Waals surface area (Å²) in [6.45, 7) is 1.64. The lowest BCUT2D eigenvalue weighted by Gasteiger charge is -1.88. The first-order valence-corrected chi connectivity index (χ1v) is 2.97. The fourth-order valence-electron chi connectivity index (χ4n) is 0.504. The number of ether oxygens (including phenoxy) is 1. The van der Waals surface area contributed by atoms with Gasteiger partial charge in [-0.1, -0.05) is 5.92 Å². The molecule has 0 aliphatic heterocycles.